The second-order valence-electron chi connectivity index (χ2n) is 6.60. The molecule has 0 bridgehead atoms. The van der Waals surface area contributed by atoms with E-state index in [2.05, 4.69) is 6.07 Å². The Hall–Kier alpha value is -0.641. The van der Waals surface area contributed by atoms with E-state index in [0.717, 1.165) is 20.8 Å². The van der Waals surface area contributed by atoms with Crippen LogP contribution in [0.2, 0.25) is 10.3 Å². The van der Waals surface area contributed by atoms with Crippen molar-refractivity contribution in [2.45, 2.75) is 48.8 Å². The molecule has 2 nitrogen and oxygen atoms in total. The van der Waals surface area contributed by atoms with Gasteiger partial charge in [0.2, 0.25) is 0 Å². The van der Waals surface area contributed by atoms with Gasteiger partial charge >= 0.3 is 165 Å². The molecule has 25 heavy (non-hydrogen) atoms. The maximum atomic E-state index is 12.9. The van der Waals surface area contributed by atoms with Gasteiger partial charge in [0.15, 0.2) is 0 Å². The van der Waals surface area contributed by atoms with Gasteiger partial charge in [0.25, 0.3) is 0 Å². The molecule has 0 radical (unpaired) electrons. The summed E-state index contributed by atoms with van der Waals surface area (Å²) in [6.07, 6.45) is -0.0326. The second kappa shape index (κ2) is 9.34. The zero-order valence-electron chi connectivity index (χ0n) is 15.1. The third kappa shape index (κ3) is 5.67. The van der Waals surface area contributed by atoms with Gasteiger partial charge in [-0.15, -0.1) is 0 Å². The molecule has 2 aromatic carbocycles. The fraction of sp³-hybridized carbons (Fsp3) is 0.400. The number of hydrogen-bond donors (Lipinski definition) is 0. The molecule has 0 aromatic heterocycles. The molecule has 5 heteroatoms. The number of hydrogen-bond acceptors (Lipinski definition) is 2. The van der Waals surface area contributed by atoms with E-state index in [1.165, 1.54) is 4.46 Å². The Morgan fingerprint density at radius 1 is 1.12 bits per heavy atom. The minimum atomic E-state index is -1.03. The Morgan fingerprint density at radius 2 is 1.76 bits per heavy atom. The summed E-state index contributed by atoms with van der Waals surface area (Å²) < 4.78 is 19.7. The van der Waals surface area contributed by atoms with Gasteiger partial charge in [-0.25, -0.2) is 0 Å². The van der Waals surface area contributed by atoms with Crippen LogP contribution < -0.4 is 4.46 Å². The average Bonchev–Trinajstić information content (AvgIpc) is 2.58. The van der Waals surface area contributed by atoms with Crippen LogP contribution in [0.25, 0.3) is 0 Å². The first-order valence-electron chi connectivity index (χ1n) is 8.34. The number of halogens is 1. The van der Waals surface area contributed by atoms with Crippen molar-refractivity contribution in [1.29, 1.82) is 0 Å². The van der Waals surface area contributed by atoms with Crippen molar-refractivity contribution in [3.8, 4) is 0 Å². The van der Waals surface area contributed by atoms with Gasteiger partial charge in [-0.05, 0) is 0 Å². The summed E-state index contributed by atoms with van der Waals surface area (Å²) in [7, 11) is -1.03. The fourth-order valence-electron chi connectivity index (χ4n) is 2.38. The number of rotatable bonds is 7. The standard InChI is InChI=1S/C20H25ClO2SSe/c1-5-23-17(15-10-6-7-11-16(15)21)14-25-19-13-9-8-12-18(19)24(22)20(2,3)4/h6-13,17H,5,14H2,1-4H3. The molecule has 136 valence electrons. The van der Waals surface area contributed by atoms with Crippen LogP contribution in [0.3, 0.4) is 0 Å². The third-order valence-corrected chi connectivity index (χ3v) is 8.50. The molecular weight excluding hydrogens is 419 g/mol. The molecule has 0 amide bonds. The molecule has 0 fully saturated rings. The molecule has 0 saturated heterocycles. The van der Waals surface area contributed by atoms with Crippen LogP contribution in [0.1, 0.15) is 39.4 Å². The van der Waals surface area contributed by atoms with Crippen molar-refractivity contribution < 1.29 is 8.95 Å². The molecule has 0 aliphatic heterocycles. The van der Waals surface area contributed by atoms with Gasteiger partial charge in [0.1, 0.15) is 0 Å². The van der Waals surface area contributed by atoms with Gasteiger partial charge in [0, 0.05) is 0 Å². The van der Waals surface area contributed by atoms with E-state index >= 15 is 0 Å². The first-order chi connectivity index (χ1) is 11.8. The Morgan fingerprint density at radius 3 is 2.40 bits per heavy atom. The Balaban J connectivity index is 2.22. The van der Waals surface area contributed by atoms with Crippen LogP contribution >= 0.6 is 11.6 Å². The number of benzene rings is 2. The normalized spacial score (nSPS) is 14.3. The Kier molecular flexibility index (Phi) is 7.72. The second-order valence-corrected chi connectivity index (χ2v) is 11.4. The summed E-state index contributed by atoms with van der Waals surface area (Å²) in [6, 6.07) is 15.9. The van der Waals surface area contributed by atoms with Gasteiger partial charge in [-0.3, -0.25) is 0 Å². The molecule has 0 aliphatic carbocycles. The van der Waals surface area contributed by atoms with E-state index < -0.39 is 10.8 Å². The van der Waals surface area contributed by atoms with E-state index in [4.69, 9.17) is 16.3 Å². The molecule has 2 atom stereocenters. The van der Waals surface area contributed by atoms with E-state index in [0.29, 0.717) is 6.61 Å². The SMILES string of the molecule is CCOC(C[Se]c1ccccc1S(=O)C(C)(C)C)c1ccccc1Cl. The zero-order valence-corrected chi connectivity index (χ0v) is 18.4. The predicted octanol–water partition coefficient (Wildman–Crippen LogP) is 4.77. The first-order valence-corrected chi connectivity index (χ1v) is 11.9. The van der Waals surface area contributed by atoms with E-state index in [9.17, 15) is 4.21 Å². The van der Waals surface area contributed by atoms with Crippen LogP contribution in [0, 0.1) is 0 Å². The number of ether oxygens (including phenoxy) is 1. The van der Waals surface area contributed by atoms with Crippen LogP contribution in [-0.2, 0) is 15.5 Å². The molecular formula is C20H25ClO2SSe. The zero-order chi connectivity index (χ0) is 18.4. The quantitative estimate of drug-likeness (QED) is 0.576. The maximum absolute atomic E-state index is 12.9. The van der Waals surface area contributed by atoms with E-state index in [1.54, 1.807) is 0 Å². The van der Waals surface area contributed by atoms with Crippen molar-refractivity contribution >= 4 is 41.8 Å². The third-order valence-electron chi connectivity index (χ3n) is 3.62. The molecule has 2 rings (SSSR count). The summed E-state index contributed by atoms with van der Waals surface area (Å²) in [5, 5.41) is 1.60. The Labute approximate surface area is 164 Å². The molecule has 0 saturated carbocycles. The summed E-state index contributed by atoms with van der Waals surface area (Å²) in [5.74, 6) is 0. The summed E-state index contributed by atoms with van der Waals surface area (Å²) in [5.41, 5.74) is 1.03. The van der Waals surface area contributed by atoms with Crippen molar-refractivity contribution in [3.63, 3.8) is 0 Å². The van der Waals surface area contributed by atoms with Gasteiger partial charge < -0.3 is 0 Å². The van der Waals surface area contributed by atoms with Gasteiger partial charge in [-0.2, -0.15) is 0 Å². The van der Waals surface area contributed by atoms with Gasteiger partial charge in [-0.1, -0.05) is 0 Å². The van der Waals surface area contributed by atoms with Crippen molar-refractivity contribution in [2.75, 3.05) is 6.61 Å². The van der Waals surface area contributed by atoms with Gasteiger partial charge in [0.05, 0.1) is 0 Å². The summed E-state index contributed by atoms with van der Waals surface area (Å²) in [4.78, 5) is 0.949. The topological polar surface area (TPSA) is 26.3 Å². The van der Waals surface area contributed by atoms with Crippen LogP contribution in [-0.4, -0.2) is 30.5 Å². The summed E-state index contributed by atoms with van der Waals surface area (Å²) in [6.45, 7) is 8.68. The van der Waals surface area contributed by atoms with Crippen LogP contribution in [0.5, 0.6) is 0 Å². The molecule has 2 aromatic rings. The molecule has 0 aliphatic rings. The van der Waals surface area contributed by atoms with Crippen molar-refractivity contribution in [3.05, 3.63) is 59.1 Å². The molecule has 0 N–H and O–H groups in total. The summed E-state index contributed by atoms with van der Waals surface area (Å²) >= 11 is 6.51. The van der Waals surface area contributed by atoms with Crippen molar-refractivity contribution in [2.24, 2.45) is 0 Å². The van der Waals surface area contributed by atoms with Crippen LogP contribution in [0.15, 0.2) is 53.4 Å². The molecule has 2 unspecified atom stereocenters. The van der Waals surface area contributed by atoms with Crippen LogP contribution in [0.4, 0.5) is 0 Å². The average molecular weight is 444 g/mol. The minimum absolute atomic E-state index is 0.0326. The van der Waals surface area contributed by atoms with E-state index in [1.807, 2.05) is 70.2 Å². The first kappa shape index (κ1) is 20.7. The van der Waals surface area contributed by atoms with Crippen molar-refractivity contribution in [1.82, 2.24) is 0 Å². The van der Waals surface area contributed by atoms with E-state index in [-0.39, 0.29) is 25.8 Å². The Bertz CT molecular complexity index is 728. The molecule has 0 spiro atoms. The molecule has 0 heterocycles. The monoisotopic (exact) mass is 444 g/mol. The fourth-order valence-corrected chi connectivity index (χ4v) is 6.62. The predicted molar refractivity (Wildman–Crippen MR) is 109 cm³/mol.